The molecule has 0 aliphatic carbocycles. The predicted molar refractivity (Wildman–Crippen MR) is 60.8 cm³/mol. The van der Waals surface area contributed by atoms with Crippen LogP contribution in [0.25, 0.3) is 0 Å². The van der Waals surface area contributed by atoms with Crippen molar-refractivity contribution < 1.29 is 17.7 Å². The van der Waals surface area contributed by atoms with Crippen LogP contribution in [0.2, 0.25) is 0 Å². The normalized spacial score (nSPS) is 11.1. The second-order valence-corrected chi connectivity index (χ2v) is 4.39. The average molecular weight is 235 g/mol. The maximum Gasteiger partial charge on any atom is 0.679 e. The minimum atomic E-state index is -2.80. The highest BCUT2D eigenvalue weighted by atomic mass is 28.4. The van der Waals surface area contributed by atoms with Gasteiger partial charge in [-0.3, -0.25) is 0 Å². The third kappa shape index (κ3) is 6.33. The van der Waals surface area contributed by atoms with Gasteiger partial charge >= 0.3 is 32.1 Å². The average Bonchev–Trinajstić information content (AvgIpc) is 2.06. The first-order valence-electron chi connectivity index (χ1n) is 4.80. The molecule has 0 rings (SSSR count). The van der Waals surface area contributed by atoms with Crippen LogP contribution in [0.1, 0.15) is 27.7 Å². The molecule has 84 valence electrons. The summed E-state index contributed by atoms with van der Waals surface area (Å²) >= 11 is 0. The van der Waals surface area contributed by atoms with Crippen molar-refractivity contribution in [2.75, 3.05) is 26.4 Å². The van der Waals surface area contributed by atoms with Crippen molar-refractivity contribution >= 4 is 32.1 Å². The summed E-state index contributed by atoms with van der Waals surface area (Å²) in [5.74, 6) is 0. The van der Waals surface area contributed by atoms with Crippen LogP contribution in [0.4, 0.5) is 0 Å². The Morgan fingerprint density at radius 1 is 0.643 bits per heavy atom. The van der Waals surface area contributed by atoms with Crippen molar-refractivity contribution in [2.24, 2.45) is 0 Å². The monoisotopic (exact) mass is 234 g/mol. The van der Waals surface area contributed by atoms with Gasteiger partial charge in [-0.1, -0.05) is 0 Å². The summed E-state index contributed by atoms with van der Waals surface area (Å²) in [7, 11) is -2.80. The van der Waals surface area contributed by atoms with Crippen LogP contribution in [0, 0.1) is 0 Å². The van der Waals surface area contributed by atoms with Gasteiger partial charge in [0.15, 0.2) is 0 Å². The smallest absolute Gasteiger partial charge is 0.351 e. The van der Waals surface area contributed by atoms with Crippen LogP contribution < -0.4 is 0 Å². The second-order valence-electron chi connectivity index (χ2n) is 2.23. The molecule has 0 heterocycles. The summed E-state index contributed by atoms with van der Waals surface area (Å²) < 4.78 is 21.7. The van der Waals surface area contributed by atoms with Gasteiger partial charge in [0.05, 0.1) is 0 Å². The first kappa shape index (κ1) is 17.2. The molecule has 6 heteroatoms. The van der Waals surface area contributed by atoms with Crippen LogP contribution in [0.5, 0.6) is 0 Å². The third-order valence-corrected chi connectivity index (χ3v) is 3.85. The van der Waals surface area contributed by atoms with Gasteiger partial charge in [0.1, 0.15) is 0 Å². The second kappa shape index (κ2) is 10.3. The van der Waals surface area contributed by atoms with Crippen molar-refractivity contribution in [1.82, 2.24) is 0 Å². The Bertz CT molecular complexity index is 96.4. The lowest BCUT2D eigenvalue weighted by Crippen LogP contribution is -2.49. The van der Waals surface area contributed by atoms with E-state index in [2.05, 4.69) is 0 Å². The van der Waals surface area contributed by atoms with Crippen molar-refractivity contribution in [2.45, 2.75) is 27.7 Å². The molecule has 0 saturated carbocycles. The van der Waals surface area contributed by atoms with E-state index in [9.17, 15) is 0 Å². The van der Waals surface area contributed by atoms with Gasteiger partial charge in [-0.25, -0.2) is 0 Å². The van der Waals surface area contributed by atoms with Gasteiger partial charge in [-0.2, -0.15) is 0 Å². The molecule has 0 spiro atoms. The van der Waals surface area contributed by atoms with Crippen molar-refractivity contribution in [3.05, 3.63) is 0 Å². The zero-order chi connectivity index (χ0) is 10.2. The molecule has 0 aromatic carbocycles. The molecule has 0 atom stereocenters. The highest BCUT2D eigenvalue weighted by Gasteiger charge is 2.44. The molecule has 0 saturated heterocycles. The fourth-order valence-electron chi connectivity index (χ4n) is 0.957. The van der Waals surface area contributed by atoms with Gasteiger partial charge in [0.2, 0.25) is 0 Å². The Labute approximate surface area is 104 Å². The van der Waals surface area contributed by atoms with E-state index in [4.69, 9.17) is 17.7 Å². The van der Waals surface area contributed by atoms with E-state index in [0.29, 0.717) is 26.4 Å². The fourth-order valence-corrected chi connectivity index (χ4v) is 2.87. The molecule has 0 aromatic rings. The molecule has 0 radical (unpaired) electrons. The summed E-state index contributed by atoms with van der Waals surface area (Å²) in [6.45, 7) is 9.80. The SMILES string of the molecule is CCO[Si](OCC)(OCC)OCC.[MgH2]. The summed E-state index contributed by atoms with van der Waals surface area (Å²) in [5, 5.41) is 0. The molecule has 0 N–H and O–H groups in total. The van der Waals surface area contributed by atoms with Gasteiger partial charge in [-0.15, -0.1) is 0 Å². The number of rotatable bonds is 8. The molecule has 0 aromatic heterocycles. The topological polar surface area (TPSA) is 36.9 Å². The van der Waals surface area contributed by atoms with Gasteiger partial charge < -0.3 is 17.7 Å². The van der Waals surface area contributed by atoms with Crippen LogP contribution in [-0.2, 0) is 17.7 Å². The van der Waals surface area contributed by atoms with Crippen molar-refractivity contribution in [3.8, 4) is 0 Å². The number of hydrogen-bond acceptors (Lipinski definition) is 4. The van der Waals surface area contributed by atoms with Gasteiger partial charge in [0, 0.05) is 26.4 Å². The van der Waals surface area contributed by atoms with Crippen LogP contribution in [0.3, 0.4) is 0 Å². The highest BCUT2D eigenvalue weighted by molar-refractivity contribution is 6.53. The molecule has 0 bridgehead atoms. The maximum atomic E-state index is 5.42. The van der Waals surface area contributed by atoms with Crippen molar-refractivity contribution in [1.29, 1.82) is 0 Å². The zero-order valence-corrected chi connectivity index (χ0v) is 9.96. The minimum Gasteiger partial charge on any atom is -0.351 e. The molecule has 0 aliphatic rings. The third-order valence-electron chi connectivity index (χ3n) is 1.28. The van der Waals surface area contributed by atoms with E-state index in [-0.39, 0.29) is 23.1 Å². The highest BCUT2D eigenvalue weighted by Crippen LogP contribution is 2.11. The molecule has 0 aliphatic heterocycles. The number of hydrogen-bond donors (Lipinski definition) is 0. The summed E-state index contributed by atoms with van der Waals surface area (Å²) in [6.07, 6.45) is 0. The first-order valence-corrected chi connectivity index (χ1v) is 6.43. The largest absolute Gasteiger partial charge is 0.679 e. The lowest BCUT2D eigenvalue weighted by Gasteiger charge is -2.26. The van der Waals surface area contributed by atoms with E-state index >= 15 is 0 Å². The Morgan fingerprint density at radius 2 is 0.857 bits per heavy atom. The standard InChI is InChI=1S/C8H20O4Si.Mg.2H/c1-5-9-13(10-6-2,11-7-3)12-8-4;;;/h5-8H2,1-4H3;;;. The first-order chi connectivity index (χ1) is 6.24. The Kier molecular flexibility index (Phi) is 12.7. The summed E-state index contributed by atoms with van der Waals surface area (Å²) in [4.78, 5) is 0. The molecular weight excluding hydrogens is 212 g/mol. The Morgan fingerprint density at radius 3 is 1.00 bits per heavy atom. The van der Waals surface area contributed by atoms with Gasteiger partial charge in [0.25, 0.3) is 0 Å². The van der Waals surface area contributed by atoms with Gasteiger partial charge in [-0.05, 0) is 27.7 Å². The van der Waals surface area contributed by atoms with E-state index < -0.39 is 9.05 Å². The minimum absolute atomic E-state index is 0. The maximum absolute atomic E-state index is 5.42. The molecular formula is C8H22MgO4Si. The summed E-state index contributed by atoms with van der Waals surface area (Å²) in [6, 6.07) is 0. The van der Waals surface area contributed by atoms with E-state index in [1.54, 1.807) is 0 Å². The van der Waals surface area contributed by atoms with E-state index in [1.807, 2.05) is 27.7 Å². The molecule has 14 heavy (non-hydrogen) atoms. The van der Waals surface area contributed by atoms with E-state index in [0.717, 1.165) is 0 Å². The lowest BCUT2D eigenvalue weighted by atomic mass is 10.9. The molecule has 0 unspecified atom stereocenters. The van der Waals surface area contributed by atoms with Crippen LogP contribution in [0.15, 0.2) is 0 Å². The summed E-state index contributed by atoms with van der Waals surface area (Å²) in [5.41, 5.74) is 0. The molecule has 4 nitrogen and oxygen atoms in total. The van der Waals surface area contributed by atoms with Crippen molar-refractivity contribution in [3.63, 3.8) is 0 Å². The predicted octanol–water partition coefficient (Wildman–Crippen LogP) is 0.652. The van der Waals surface area contributed by atoms with Crippen LogP contribution in [-0.4, -0.2) is 58.5 Å². The molecule has 0 amide bonds. The zero-order valence-electron chi connectivity index (χ0n) is 8.96. The quantitative estimate of drug-likeness (QED) is 0.578. The lowest BCUT2D eigenvalue weighted by molar-refractivity contribution is -0.0247. The Hall–Kier alpha value is 0.823. The molecule has 0 fully saturated rings. The van der Waals surface area contributed by atoms with Crippen LogP contribution >= 0.6 is 0 Å². The Balaban J connectivity index is 0. The fraction of sp³-hybridized carbons (Fsp3) is 1.00. The van der Waals surface area contributed by atoms with E-state index in [1.165, 1.54) is 0 Å².